The molecule has 1 amide bonds. The number of ether oxygens (including phenoxy) is 1. The van der Waals surface area contributed by atoms with Crippen molar-refractivity contribution in [2.24, 2.45) is 17.8 Å². The van der Waals surface area contributed by atoms with E-state index >= 15 is 0 Å². The molecule has 0 aromatic heterocycles. The maximum absolute atomic E-state index is 14.9. The first-order chi connectivity index (χ1) is 20.8. The molecule has 3 aliphatic rings. The summed E-state index contributed by atoms with van der Waals surface area (Å²) in [5, 5.41) is 10.3. The van der Waals surface area contributed by atoms with Crippen molar-refractivity contribution in [1.29, 1.82) is 0 Å². The van der Waals surface area contributed by atoms with Gasteiger partial charge in [-0.1, -0.05) is 13.3 Å². The van der Waals surface area contributed by atoms with Crippen molar-refractivity contribution in [3.63, 3.8) is 0 Å². The summed E-state index contributed by atoms with van der Waals surface area (Å²) in [5.41, 5.74) is 0. The van der Waals surface area contributed by atoms with Gasteiger partial charge in [-0.3, -0.25) is 20.3 Å². The summed E-state index contributed by atoms with van der Waals surface area (Å²) >= 11 is 0. The van der Waals surface area contributed by atoms with Crippen molar-refractivity contribution in [2.45, 2.75) is 129 Å². The van der Waals surface area contributed by atoms with Crippen LogP contribution in [0.3, 0.4) is 0 Å². The number of nitrogens with zero attached hydrogens (tertiary/aromatic N) is 2. The Kier molecular flexibility index (Phi) is 16.7. The van der Waals surface area contributed by atoms with E-state index in [2.05, 4.69) is 48.5 Å². The Hall–Kier alpha value is -0.870. The molecule has 1 saturated carbocycles. The summed E-state index contributed by atoms with van der Waals surface area (Å²) in [7, 11) is 0. The summed E-state index contributed by atoms with van der Waals surface area (Å²) < 4.78 is 37.0. The summed E-state index contributed by atoms with van der Waals surface area (Å²) in [6.45, 7) is 19.2. The number of quaternary nitrogens is 1. The fourth-order valence-corrected chi connectivity index (χ4v) is 7.67. The normalized spacial score (nSPS) is 29.5. The second-order valence-corrected chi connectivity index (χ2v) is 13.8. The highest BCUT2D eigenvalue weighted by Gasteiger charge is 2.40. The van der Waals surface area contributed by atoms with Crippen LogP contribution in [0.1, 0.15) is 105 Å². The zero-order chi connectivity index (χ0) is 31.1. The molecule has 0 aromatic carbocycles. The molecule has 1 aliphatic carbocycles. The monoisotopic (exact) mass is 615 g/mol. The van der Waals surface area contributed by atoms with Crippen LogP contribution in [-0.2, 0) is 9.53 Å². The number of carbonyl (C=O) groups excluding carboxylic acids is 1. The van der Waals surface area contributed by atoms with E-state index in [4.69, 9.17) is 4.74 Å². The van der Waals surface area contributed by atoms with Crippen LogP contribution >= 0.6 is 0 Å². The molecule has 252 valence electrons. The van der Waals surface area contributed by atoms with Crippen LogP contribution in [0.4, 0.5) is 8.78 Å². The molecule has 2 aliphatic heterocycles. The van der Waals surface area contributed by atoms with Gasteiger partial charge in [0.05, 0.1) is 32.3 Å². The molecule has 0 radical (unpaired) electrons. The van der Waals surface area contributed by atoms with Gasteiger partial charge in [-0.15, -0.1) is 0 Å². The molecule has 9 heteroatoms. The quantitative estimate of drug-likeness (QED) is 0.134. The third-order valence-electron chi connectivity index (χ3n) is 11.0. The first kappa shape index (κ1) is 36.6. The van der Waals surface area contributed by atoms with E-state index < -0.39 is 18.3 Å². The molecule has 0 bridgehead atoms. The number of alkyl halides is 2. The van der Waals surface area contributed by atoms with Gasteiger partial charge in [0, 0.05) is 64.5 Å². The number of nitrogens with one attached hydrogen (secondary N) is 3. The number of hydrogen-bond acceptors (Lipinski definition) is 5. The van der Waals surface area contributed by atoms with Crippen molar-refractivity contribution in [2.75, 3.05) is 65.5 Å². The minimum absolute atomic E-state index is 0.0690. The molecule has 2 saturated heterocycles. The Morgan fingerprint density at radius 1 is 0.884 bits per heavy atom. The third-order valence-corrected chi connectivity index (χ3v) is 11.0. The van der Waals surface area contributed by atoms with Crippen molar-refractivity contribution in [3.8, 4) is 0 Å². The maximum atomic E-state index is 14.9. The first-order valence-electron chi connectivity index (χ1n) is 18.0. The molecule has 43 heavy (non-hydrogen) atoms. The largest absolute Gasteiger partial charge is 0.378 e. The summed E-state index contributed by atoms with van der Waals surface area (Å²) in [5.74, 6) is 0.366. The SMILES string of the molecule is CCCC1CNC(N2CCC(CCCOC3CC(F)C(CC(=O)NCCCCC[N+](CC)(CC)CC)C(F)C3)CC2)NC1. The minimum atomic E-state index is -1.33. The van der Waals surface area contributed by atoms with Gasteiger partial charge < -0.3 is 14.5 Å². The number of halogens is 2. The Balaban J connectivity index is 1.22. The summed E-state index contributed by atoms with van der Waals surface area (Å²) in [4.78, 5) is 15.0. The van der Waals surface area contributed by atoms with Crippen LogP contribution in [-0.4, -0.2) is 106 Å². The molecule has 0 aromatic rings. The third kappa shape index (κ3) is 12.1. The molecule has 3 fully saturated rings. The molecular formula is C34H66F2N5O2+. The van der Waals surface area contributed by atoms with Crippen molar-refractivity contribution in [1.82, 2.24) is 20.9 Å². The van der Waals surface area contributed by atoms with E-state index in [1.165, 1.54) is 32.2 Å². The number of hydrogen-bond donors (Lipinski definition) is 3. The van der Waals surface area contributed by atoms with Crippen LogP contribution in [0, 0.1) is 17.8 Å². The van der Waals surface area contributed by atoms with E-state index in [1.54, 1.807) is 0 Å². The predicted octanol–water partition coefficient (Wildman–Crippen LogP) is 5.40. The van der Waals surface area contributed by atoms with E-state index in [-0.39, 0.29) is 31.3 Å². The highest BCUT2D eigenvalue weighted by Crippen LogP contribution is 2.34. The van der Waals surface area contributed by atoms with E-state index in [9.17, 15) is 13.6 Å². The van der Waals surface area contributed by atoms with Crippen LogP contribution in [0.2, 0.25) is 0 Å². The lowest BCUT2D eigenvalue weighted by molar-refractivity contribution is -0.923. The van der Waals surface area contributed by atoms with Crippen LogP contribution in [0.15, 0.2) is 0 Å². The van der Waals surface area contributed by atoms with Crippen LogP contribution in [0.5, 0.6) is 0 Å². The van der Waals surface area contributed by atoms with Crippen molar-refractivity contribution >= 4 is 5.91 Å². The number of rotatable bonds is 19. The lowest BCUT2D eigenvalue weighted by atomic mass is 9.82. The van der Waals surface area contributed by atoms with Gasteiger partial charge >= 0.3 is 0 Å². The fraction of sp³-hybridized carbons (Fsp3) is 0.971. The average molecular weight is 615 g/mol. The maximum Gasteiger partial charge on any atom is 0.220 e. The highest BCUT2D eigenvalue weighted by molar-refractivity contribution is 5.76. The topological polar surface area (TPSA) is 65.6 Å². The van der Waals surface area contributed by atoms with Gasteiger partial charge in [0.25, 0.3) is 0 Å². The Labute approximate surface area is 262 Å². The zero-order valence-electron chi connectivity index (χ0n) is 28.1. The second-order valence-electron chi connectivity index (χ2n) is 13.8. The number of carbonyl (C=O) groups is 1. The molecule has 0 spiro atoms. The minimum Gasteiger partial charge on any atom is -0.378 e. The average Bonchev–Trinajstić information content (AvgIpc) is 3.02. The predicted molar refractivity (Wildman–Crippen MR) is 172 cm³/mol. The van der Waals surface area contributed by atoms with Gasteiger partial charge in [-0.25, -0.2) is 8.78 Å². The van der Waals surface area contributed by atoms with E-state index in [1.807, 2.05) is 0 Å². The lowest BCUT2D eigenvalue weighted by Gasteiger charge is -2.42. The number of likely N-dealkylation sites (tertiary alicyclic amines) is 1. The summed E-state index contributed by atoms with van der Waals surface area (Å²) in [6.07, 6.45) is 7.69. The van der Waals surface area contributed by atoms with E-state index in [0.717, 1.165) is 88.3 Å². The van der Waals surface area contributed by atoms with Gasteiger partial charge in [0.2, 0.25) is 5.91 Å². The lowest BCUT2D eigenvalue weighted by Crippen LogP contribution is -2.62. The molecule has 3 rings (SSSR count). The fourth-order valence-electron chi connectivity index (χ4n) is 7.67. The number of unbranched alkanes of at least 4 members (excludes halogenated alkanes) is 2. The van der Waals surface area contributed by atoms with Crippen LogP contribution < -0.4 is 16.0 Å². The first-order valence-corrected chi connectivity index (χ1v) is 18.0. The van der Waals surface area contributed by atoms with Gasteiger partial charge in [-0.2, -0.15) is 0 Å². The number of piperidine rings is 1. The Morgan fingerprint density at radius 3 is 2.14 bits per heavy atom. The Bertz CT molecular complexity index is 737. The van der Waals surface area contributed by atoms with Gasteiger partial charge in [-0.05, 0) is 84.0 Å². The summed E-state index contributed by atoms with van der Waals surface area (Å²) in [6, 6.07) is 0. The van der Waals surface area contributed by atoms with Gasteiger partial charge in [0.15, 0.2) is 0 Å². The smallest absolute Gasteiger partial charge is 0.220 e. The second kappa shape index (κ2) is 19.6. The standard InChI is InChI=1S/C34H65F2N5O2/c1-5-13-28-25-38-34(39-26-28)40-18-15-27(16-19-40)14-12-21-43-29-22-31(35)30(32(36)23-29)24-33(42)37-17-10-9-11-20-41(6-2,7-3)8-4/h27-32,34,38-39H,5-26H2,1-4H3/p+1. The molecular weight excluding hydrogens is 548 g/mol. The molecule has 2 unspecified atom stereocenters. The molecule has 3 N–H and O–H groups in total. The van der Waals surface area contributed by atoms with Crippen molar-refractivity contribution < 1.29 is 22.8 Å². The van der Waals surface area contributed by atoms with Crippen molar-refractivity contribution in [3.05, 3.63) is 0 Å². The van der Waals surface area contributed by atoms with E-state index in [0.29, 0.717) is 25.4 Å². The van der Waals surface area contributed by atoms with Crippen LogP contribution in [0.25, 0.3) is 0 Å². The molecule has 2 heterocycles. The molecule has 2 atom stereocenters. The highest BCUT2D eigenvalue weighted by atomic mass is 19.1. The Morgan fingerprint density at radius 2 is 1.53 bits per heavy atom. The molecule has 7 nitrogen and oxygen atoms in total. The zero-order valence-corrected chi connectivity index (χ0v) is 28.1. The number of amides is 1. The van der Waals surface area contributed by atoms with Gasteiger partial charge in [0.1, 0.15) is 18.6 Å².